The zero-order valence-corrected chi connectivity index (χ0v) is 12.2. The first-order chi connectivity index (χ1) is 10.1. The van der Waals surface area contributed by atoms with Gasteiger partial charge in [-0.2, -0.15) is 0 Å². The van der Waals surface area contributed by atoms with Gasteiger partial charge in [-0.25, -0.2) is 0 Å². The van der Waals surface area contributed by atoms with Gasteiger partial charge in [-0.15, -0.1) is 0 Å². The van der Waals surface area contributed by atoms with E-state index in [2.05, 4.69) is 5.32 Å². The molecule has 0 aliphatic heterocycles. The van der Waals surface area contributed by atoms with Crippen LogP contribution in [0.15, 0.2) is 42.6 Å². The van der Waals surface area contributed by atoms with Crippen molar-refractivity contribution in [1.29, 1.82) is 0 Å². The van der Waals surface area contributed by atoms with Gasteiger partial charge in [0.1, 0.15) is 5.69 Å². The van der Waals surface area contributed by atoms with Crippen LogP contribution in [0, 0.1) is 0 Å². The van der Waals surface area contributed by atoms with E-state index in [0.29, 0.717) is 30.1 Å². The monoisotopic (exact) mass is 288 g/mol. The molecule has 0 aliphatic carbocycles. The van der Waals surface area contributed by atoms with Crippen molar-refractivity contribution >= 4 is 11.6 Å². The first kappa shape index (κ1) is 15.3. The maximum atomic E-state index is 12.4. The van der Waals surface area contributed by atoms with Gasteiger partial charge in [0.25, 0.3) is 5.91 Å². The third-order valence-corrected chi connectivity index (χ3v) is 3.26. The van der Waals surface area contributed by atoms with Crippen molar-refractivity contribution in [1.82, 2.24) is 4.57 Å². The molecule has 1 aromatic heterocycles. The summed E-state index contributed by atoms with van der Waals surface area (Å²) in [4.78, 5) is 12.4. The van der Waals surface area contributed by atoms with Gasteiger partial charge >= 0.3 is 0 Å². The van der Waals surface area contributed by atoms with Crippen molar-refractivity contribution in [2.24, 2.45) is 0 Å². The highest BCUT2D eigenvalue weighted by Gasteiger charge is 2.14. The number of aromatic nitrogens is 1. The van der Waals surface area contributed by atoms with Gasteiger partial charge in [0, 0.05) is 31.1 Å². The normalized spacial score (nSPS) is 12.1. The highest BCUT2D eigenvalue weighted by molar-refractivity contribution is 6.03. The Morgan fingerprint density at radius 2 is 2.10 bits per heavy atom. The number of anilines is 1. The lowest BCUT2D eigenvalue weighted by atomic mass is 10.1. The van der Waals surface area contributed by atoms with Crippen LogP contribution in [0.2, 0.25) is 0 Å². The molecule has 1 atom stereocenters. The Morgan fingerprint density at radius 1 is 1.33 bits per heavy atom. The van der Waals surface area contributed by atoms with Crippen molar-refractivity contribution in [2.45, 2.75) is 19.6 Å². The number of carbonyl (C=O) groups is 1. The Morgan fingerprint density at radius 3 is 2.81 bits per heavy atom. The van der Waals surface area contributed by atoms with E-state index in [1.165, 1.54) is 0 Å². The van der Waals surface area contributed by atoms with E-state index in [4.69, 9.17) is 4.74 Å². The average molecular weight is 288 g/mol. The zero-order valence-electron chi connectivity index (χ0n) is 12.2. The highest BCUT2D eigenvalue weighted by atomic mass is 16.5. The van der Waals surface area contributed by atoms with Gasteiger partial charge in [-0.05, 0) is 25.1 Å². The van der Waals surface area contributed by atoms with Gasteiger partial charge in [0.15, 0.2) is 0 Å². The molecule has 5 heteroatoms. The maximum absolute atomic E-state index is 12.4. The number of aliphatic hydroxyl groups is 1. The van der Waals surface area contributed by atoms with Crippen LogP contribution in [-0.4, -0.2) is 29.3 Å². The third kappa shape index (κ3) is 3.71. The summed E-state index contributed by atoms with van der Waals surface area (Å²) in [5.41, 5.74) is 1.88. The first-order valence-corrected chi connectivity index (χ1v) is 6.86. The summed E-state index contributed by atoms with van der Waals surface area (Å²) in [7, 11) is 1.63. The molecule has 21 heavy (non-hydrogen) atoms. The van der Waals surface area contributed by atoms with E-state index >= 15 is 0 Å². The number of amides is 1. The lowest BCUT2D eigenvalue weighted by molar-refractivity contribution is 0.101. The smallest absolute Gasteiger partial charge is 0.272 e. The molecule has 1 amide bonds. The van der Waals surface area contributed by atoms with E-state index < -0.39 is 6.10 Å². The summed E-state index contributed by atoms with van der Waals surface area (Å²) >= 11 is 0. The number of hydrogen-bond acceptors (Lipinski definition) is 3. The number of carbonyl (C=O) groups excluding carboxylic acids is 1. The predicted octanol–water partition coefficient (Wildman–Crippen LogP) is 2.44. The number of methoxy groups -OCH3 is 1. The second-order valence-corrected chi connectivity index (χ2v) is 4.80. The van der Waals surface area contributed by atoms with Crippen molar-refractivity contribution in [3.05, 3.63) is 53.9 Å². The lowest BCUT2D eigenvalue weighted by Gasteiger charge is -2.14. The SMILES string of the molecule is COCCn1cccc1C(=O)Nc1ccccc1C(C)O. The van der Waals surface area contributed by atoms with Gasteiger partial charge in [-0.3, -0.25) is 4.79 Å². The van der Waals surface area contributed by atoms with Gasteiger partial charge < -0.3 is 19.7 Å². The Kier molecular flexibility index (Phi) is 5.14. The lowest BCUT2D eigenvalue weighted by Crippen LogP contribution is -2.19. The van der Waals surface area contributed by atoms with Gasteiger partial charge in [-0.1, -0.05) is 18.2 Å². The molecule has 1 heterocycles. The van der Waals surface area contributed by atoms with Crippen molar-refractivity contribution < 1.29 is 14.6 Å². The van der Waals surface area contributed by atoms with Crippen LogP contribution < -0.4 is 5.32 Å². The standard InChI is InChI=1S/C16H20N2O3/c1-12(19)13-6-3-4-7-14(13)17-16(20)15-8-5-9-18(15)10-11-21-2/h3-9,12,19H,10-11H2,1-2H3,(H,17,20). The van der Waals surface area contributed by atoms with E-state index in [0.717, 1.165) is 0 Å². The maximum Gasteiger partial charge on any atom is 0.272 e. The summed E-state index contributed by atoms with van der Waals surface area (Å²) < 4.78 is 6.87. The summed E-state index contributed by atoms with van der Waals surface area (Å²) in [6.45, 7) is 2.83. The Bertz CT molecular complexity index is 605. The first-order valence-electron chi connectivity index (χ1n) is 6.86. The molecule has 0 saturated heterocycles. The molecule has 1 unspecified atom stereocenters. The minimum atomic E-state index is -0.637. The molecule has 0 aliphatic rings. The molecule has 2 rings (SSSR count). The van der Waals surface area contributed by atoms with E-state index in [1.54, 1.807) is 32.2 Å². The Balaban J connectivity index is 2.17. The number of ether oxygens (including phenoxy) is 1. The topological polar surface area (TPSA) is 63.5 Å². The van der Waals surface area contributed by atoms with Crippen molar-refractivity contribution in [3.8, 4) is 0 Å². The second kappa shape index (κ2) is 7.06. The van der Waals surface area contributed by atoms with Crippen LogP contribution in [0.4, 0.5) is 5.69 Å². The van der Waals surface area contributed by atoms with Gasteiger partial charge in [0.05, 0.1) is 12.7 Å². The molecule has 0 radical (unpaired) electrons. The highest BCUT2D eigenvalue weighted by Crippen LogP contribution is 2.22. The number of rotatable bonds is 6. The minimum absolute atomic E-state index is 0.204. The summed E-state index contributed by atoms with van der Waals surface area (Å²) in [5.74, 6) is -0.204. The fourth-order valence-electron chi connectivity index (χ4n) is 2.17. The van der Waals surface area contributed by atoms with E-state index in [-0.39, 0.29) is 5.91 Å². The van der Waals surface area contributed by atoms with Crippen molar-refractivity contribution in [3.63, 3.8) is 0 Å². The Labute approximate surface area is 124 Å². The molecule has 0 bridgehead atoms. The van der Waals surface area contributed by atoms with Gasteiger partial charge in [0.2, 0.25) is 0 Å². The van der Waals surface area contributed by atoms with Crippen LogP contribution in [0.3, 0.4) is 0 Å². The van der Waals surface area contributed by atoms with Crippen LogP contribution in [-0.2, 0) is 11.3 Å². The molecule has 2 aromatic rings. The minimum Gasteiger partial charge on any atom is -0.389 e. The molecule has 5 nitrogen and oxygen atoms in total. The Hall–Kier alpha value is -2.11. The van der Waals surface area contributed by atoms with Crippen LogP contribution in [0.25, 0.3) is 0 Å². The number of hydrogen-bond donors (Lipinski definition) is 2. The molecule has 0 spiro atoms. The average Bonchev–Trinajstić information content (AvgIpc) is 2.94. The molecule has 112 valence electrons. The number of nitrogens with zero attached hydrogens (tertiary/aromatic N) is 1. The summed E-state index contributed by atoms with van der Waals surface area (Å²) in [6, 6.07) is 10.8. The molecule has 0 saturated carbocycles. The third-order valence-electron chi connectivity index (χ3n) is 3.26. The predicted molar refractivity (Wildman–Crippen MR) is 81.3 cm³/mol. The zero-order chi connectivity index (χ0) is 15.2. The fraction of sp³-hybridized carbons (Fsp3) is 0.312. The molecular weight excluding hydrogens is 268 g/mol. The molecule has 0 fully saturated rings. The molecular formula is C16H20N2O3. The van der Waals surface area contributed by atoms with Crippen LogP contribution in [0.5, 0.6) is 0 Å². The fourth-order valence-corrected chi connectivity index (χ4v) is 2.17. The number of nitrogens with one attached hydrogen (secondary N) is 1. The van der Waals surface area contributed by atoms with E-state index in [1.807, 2.05) is 29.0 Å². The molecule has 2 N–H and O–H groups in total. The number of para-hydroxylation sites is 1. The number of aliphatic hydroxyl groups excluding tert-OH is 1. The van der Waals surface area contributed by atoms with Crippen molar-refractivity contribution in [2.75, 3.05) is 19.0 Å². The van der Waals surface area contributed by atoms with Crippen LogP contribution in [0.1, 0.15) is 29.1 Å². The molecule has 1 aromatic carbocycles. The summed E-state index contributed by atoms with van der Waals surface area (Å²) in [5, 5.41) is 12.6. The van der Waals surface area contributed by atoms with E-state index in [9.17, 15) is 9.90 Å². The largest absolute Gasteiger partial charge is 0.389 e. The number of benzene rings is 1. The second-order valence-electron chi connectivity index (χ2n) is 4.80. The van der Waals surface area contributed by atoms with Crippen LogP contribution >= 0.6 is 0 Å². The quantitative estimate of drug-likeness (QED) is 0.858. The summed E-state index contributed by atoms with van der Waals surface area (Å²) in [6.07, 6.45) is 1.20.